The minimum Gasteiger partial charge on any atom is -0.506 e. The third-order valence-corrected chi connectivity index (χ3v) is 4.89. The van der Waals surface area contributed by atoms with E-state index in [4.69, 9.17) is 0 Å². The van der Waals surface area contributed by atoms with Crippen LogP contribution in [0.1, 0.15) is 39.5 Å². The quantitative estimate of drug-likeness (QED) is 0.895. The number of hydrogen-bond donors (Lipinski definition) is 1. The zero-order valence-corrected chi connectivity index (χ0v) is 13.4. The molecule has 116 valence electrons. The van der Waals surface area contributed by atoms with Crippen LogP contribution >= 0.6 is 0 Å². The largest absolute Gasteiger partial charge is 0.506 e. The van der Waals surface area contributed by atoms with Crippen molar-refractivity contribution in [2.75, 3.05) is 36.0 Å². The summed E-state index contributed by atoms with van der Waals surface area (Å²) >= 11 is 0. The predicted molar refractivity (Wildman–Crippen MR) is 89.3 cm³/mol. The van der Waals surface area contributed by atoms with E-state index in [0.717, 1.165) is 31.9 Å². The first kappa shape index (κ1) is 14.6. The smallest absolute Gasteiger partial charge is 0.139 e. The van der Waals surface area contributed by atoms with E-state index in [9.17, 15) is 5.11 Å². The molecule has 1 aromatic rings. The minimum absolute atomic E-state index is 0.428. The van der Waals surface area contributed by atoms with Crippen LogP contribution in [0.5, 0.6) is 5.75 Å². The number of hydrogen-bond acceptors (Lipinski definition) is 3. The van der Waals surface area contributed by atoms with E-state index in [0.29, 0.717) is 17.6 Å². The highest BCUT2D eigenvalue weighted by Crippen LogP contribution is 2.36. The van der Waals surface area contributed by atoms with Crippen molar-refractivity contribution < 1.29 is 5.11 Å². The fraction of sp³-hybridized carbons (Fsp3) is 0.667. The van der Waals surface area contributed by atoms with E-state index in [1.54, 1.807) is 0 Å². The highest BCUT2D eigenvalue weighted by Gasteiger charge is 2.24. The molecule has 0 bridgehead atoms. The van der Waals surface area contributed by atoms with E-state index >= 15 is 0 Å². The standard InChI is InChI=1S/C18H28N2O/c1-14-10-15(2)13-20(12-14)17-11-16(6-7-18(17)21)19-8-4-3-5-9-19/h6-7,11,14-15,21H,3-5,8-10,12-13H2,1-2H3. The Balaban J connectivity index is 1.83. The van der Waals surface area contributed by atoms with Gasteiger partial charge in [-0.1, -0.05) is 13.8 Å². The Kier molecular flexibility index (Phi) is 4.27. The number of aromatic hydroxyl groups is 1. The van der Waals surface area contributed by atoms with Crippen molar-refractivity contribution in [2.24, 2.45) is 11.8 Å². The molecule has 0 aliphatic carbocycles. The summed E-state index contributed by atoms with van der Waals surface area (Å²) in [5.74, 6) is 1.83. The normalized spacial score (nSPS) is 27.0. The highest BCUT2D eigenvalue weighted by molar-refractivity contribution is 5.67. The fourth-order valence-electron chi connectivity index (χ4n) is 3.97. The molecule has 2 aliphatic rings. The van der Waals surface area contributed by atoms with Crippen LogP contribution in [0.2, 0.25) is 0 Å². The van der Waals surface area contributed by atoms with Gasteiger partial charge in [-0.2, -0.15) is 0 Å². The van der Waals surface area contributed by atoms with E-state index in [1.165, 1.54) is 31.4 Å². The summed E-state index contributed by atoms with van der Waals surface area (Å²) in [6.45, 7) is 9.04. The van der Waals surface area contributed by atoms with Crippen LogP contribution in [0, 0.1) is 11.8 Å². The Morgan fingerprint density at radius 3 is 2.29 bits per heavy atom. The monoisotopic (exact) mass is 288 g/mol. The van der Waals surface area contributed by atoms with Gasteiger partial charge in [-0.15, -0.1) is 0 Å². The molecule has 2 aliphatic heterocycles. The third kappa shape index (κ3) is 3.28. The van der Waals surface area contributed by atoms with Gasteiger partial charge < -0.3 is 14.9 Å². The van der Waals surface area contributed by atoms with Gasteiger partial charge in [0.25, 0.3) is 0 Å². The Morgan fingerprint density at radius 2 is 1.62 bits per heavy atom. The first-order valence-electron chi connectivity index (χ1n) is 8.46. The SMILES string of the molecule is CC1CC(C)CN(c2cc(N3CCCCC3)ccc2O)C1. The topological polar surface area (TPSA) is 26.7 Å². The van der Waals surface area contributed by atoms with Crippen molar-refractivity contribution in [1.82, 2.24) is 0 Å². The molecule has 2 atom stereocenters. The van der Waals surface area contributed by atoms with Crippen molar-refractivity contribution >= 4 is 11.4 Å². The summed E-state index contributed by atoms with van der Waals surface area (Å²) in [6, 6.07) is 6.15. The second-order valence-electron chi connectivity index (χ2n) is 7.07. The number of benzene rings is 1. The van der Waals surface area contributed by atoms with Crippen molar-refractivity contribution in [3.63, 3.8) is 0 Å². The zero-order chi connectivity index (χ0) is 14.8. The van der Waals surface area contributed by atoms with Crippen LogP contribution in [0.4, 0.5) is 11.4 Å². The van der Waals surface area contributed by atoms with Gasteiger partial charge in [0.15, 0.2) is 0 Å². The molecule has 0 aromatic heterocycles. The van der Waals surface area contributed by atoms with E-state index < -0.39 is 0 Å². The Morgan fingerprint density at radius 1 is 0.952 bits per heavy atom. The molecule has 3 rings (SSSR count). The molecular formula is C18H28N2O. The van der Waals surface area contributed by atoms with Gasteiger partial charge in [0, 0.05) is 31.9 Å². The molecule has 2 heterocycles. The summed E-state index contributed by atoms with van der Waals surface area (Å²) in [6.07, 6.45) is 5.22. The maximum absolute atomic E-state index is 10.3. The fourth-order valence-corrected chi connectivity index (χ4v) is 3.97. The highest BCUT2D eigenvalue weighted by atomic mass is 16.3. The van der Waals surface area contributed by atoms with Crippen LogP contribution in [0.15, 0.2) is 18.2 Å². The van der Waals surface area contributed by atoms with Crippen LogP contribution in [-0.4, -0.2) is 31.3 Å². The number of nitrogens with zero attached hydrogens (tertiary/aromatic N) is 2. The second-order valence-corrected chi connectivity index (χ2v) is 7.07. The molecule has 0 amide bonds. The van der Waals surface area contributed by atoms with Gasteiger partial charge in [0.2, 0.25) is 0 Å². The first-order chi connectivity index (χ1) is 10.1. The molecule has 3 heteroatoms. The molecule has 0 radical (unpaired) electrons. The van der Waals surface area contributed by atoms with Gasteiger partial charge in [-0.25, -0.2) is 0 Å². The van der Waals surface area contributed by atoms with Gasteiger partial charge in [-0.3, -0.25) is 0 Å². The summed E-state index contributed by atoms with van der Waals surface area (Å²) in [7, 11) is 0. The van der Waals surface area contributed by atoms with E-state index in [2.05, 4.69) is 35.8 Å². The number of piperidine rings is 2. The van der Waals surface area contributed by atoms with Gasteiger partial charge >= 0.3 is 0 Å². The summed E-state index contributed by atoms with van der Waals surface area (Å²) in [5, 5.41) is 10.3. The molecule has 21 heavy (non-hydrogen) atoms. The Labute approximate surface area is 128 Å². The molecular weight excluding hydrogens is 260 g/mol. The molecule has 2 unspecified atom stereocenters. The minimum atomic E-state index is 0.428. The summed E-state index contributed by atoms with van der Waals surface area (Å²) in [5.41, 5.74) is 2.30. The molecule has 2 saturated heterocycles. The number of phenols is 1. The van der Waals surface area contributed by atoms with Gasteiger partial charge in [0.05, 0.1) is 5.69 Å². The lowest BCUT2D eigenvalue weighted by Crippen LogP contribution is -2.39. The van der Waals surface area contributed by atoms with Gasteiger partial charge in [0.1, 0.15) is 5.75 Å². The molecule has 2 fully saturated rings. The zero-order valence-electron chi connectivity index (χ0n) is 13.4. The van der Waals surface area contributed by atoms with Crippen molar-refractivity contribution in [3.8, 4) is 5.75 Å². The number of phenolic OH excluding ortho intramolecular Hbond substituents is 1. The molecule has 1 aromatic carbocycles. The average molecular weight is 288 g/mol. The lowest BCUT2D eigenvalue weighted by atomic mass is 9.91. The molecule has 0 spiro atoms. The molecule has 0 saturated carbocycles. The summed E-state index contributed by atoms with van der Waals surface area (Å²) < 4.78 is 0. The van der Waals surface area contributed by atoms with Crippen LogP contribution in [0.3, 0.4) is 0 Å². The maximum Gasteiger partial charge on any atom is 0.139 e. The van der Waals surface area contributed by atoms with Crippen molar-refractivity contribution in [2.45, 2.75) is 39.5 Å². The van der Waals surface area contributed by atoms with Crippen LogP contribution in [0.25, 0.3) is 0 Å². The van der Waals surface area contributed by atoms with Crippen molar-refractivity contribution in [1.29, 1.82) is 0 Å². The summed E-state index contributed by atoms with van der Waals surface area (Å²) in [4.78, 5) is 4.84. The van der Waals surface area contributed by atoms with Crippen molar-refractivity contribution in [3.05, 3.63) is 18.2 Å². The van der Waals surface area contributed by atoms with Crippen LogP contribution < -0.4 is 9.80 Å². The number of anilines is 2. The maximum atomic E-state index is 10.3. The van der Waals surface area contributed by atoms with Crippen LogP contribution in [-0.2, 0) is 0 Å². The second kappa shape index (κ2) is 6.17. The Hall–Kier alpha value is -1.38. The molecule has 3 nitrogen and oxygen atoms in total. The lowest BCUT2D eigenvalue weighted by molar-refractivity contribution is 0.353. The van der Waals surface area contributed by atoms with E-state index in [1.807, 2.05) is 6.07 Å². The number of rotatable bonds is 2. The predicted octanol–water partition coefficient (Wildman–Crippen LogP) is 3.86. The van der Waals surface area contributed by atoms with E-state index in [-0.39, 0.29) is 0 Å². The average Bonchev–Trinajstić information content (AvgIpc) is 2.47. The lowest BCUT2D eigenvalue weighted by Gasteiger charge is -2.37. The Bertz CT molecular complexity index is 472. The van der Waals surface area contributed by atoms with Gasteiger partial charge in [-0.05, 0) is 55.7 Å². The first-order valence-corrected chi connectivity index (χ1v) is 8.46. The third-order valence-electron chi connectivity index (χ3n) is 4.89. The molecule has 1 N–H and O–H groups in total.